The average Bonchev–Trinajstić information content (AvgIpc) is 2.88. The van der Waals surface area contributed by atoms with Gasteiger partial charge in [-0.15, -0.1) is 0 Å². The van der Waals surface area contributed by atoms with Gasteiger partial charge >= 0.3 is 0 Å². The number of fused-ring (bicyclic) bond motifs is 1. The van der Waals surface area contributed by atoms with Gasteiger partial charge in [0.2, 0.25) is 5.91 Å². The molecule has 0 aliphatic heterocycles. The van der Waals surface area contributed by atoms with E-state index in [4.69, 9.17) is 15.2 Å². The number of carbonyl (C=O) groups is 1. The zero-order valence-corrected chi connectivity index (χ0v) is 21.3. The number of anilines is 2. The Balaban J connectivity index is 1.73. The van der Waals surface area contributed by atoms with E-state index >= 15 is 0 Å². The van der Waals surface area contributed by atoms with Gasteiger partial charge in [-0.05, 0) is 42.5 Å². The van der Waals surface area contributed by atoms with Crippen molar-refractivity contribution in [1.29, 1.82) is 0 Å². The lowest BCUT2D eigenvalue weighted by Gasteiger charge is -2.29. The van der Waals surface area contributed by atoms with E-state index in [1.54, 1.807) is 20.4 Å². The van der Waals surface area contributed by atoms with Gasteiger partial charge in [0.05, 0.1) is 37.9 Å². The molecule has 2 atom stereocenters. The van der Waals surface area contributed by atoms with Crippen molar-refractivity contribution in [1.82, 2.24) is 10.3 Å². The molecule has 1 amide bonds. The number of aliphatic hydroxyl groups excluding tert-OH is 1. The number of carbonyl (C=O) groups excluding carboxylic acids is 1. The number of nitrogens with one attached hydrogen (secondary N) is 2. The fourth-order valence-corrected chi connectivity index (χ4v) is 5.09. The van der Waals surface area contributed by atoms with Gasteiger partial charge in [-0.3, -0.25) is 9.78 Å². The molecule has 8 heteroatoms. The molecule has 8 nitrogen and oxygen atoms in total. The third kappa shape index (κ3) is 5.55. The number of amides is 1. The van der Waals surface area contributed by atoms with Crippen molar-refractivity contribution in [2.24, 2.45) is 5.73 Å². The molecule has 0 bridgehead atoms. The summed E-state index contributed by atoms with van der Waals surface area (Å²) in [6.07, 6.45) is 6.34. The zero-order chi connectivity index (χ0) is 25.7. The van der Waals surface area contributed by atoms with Crippen molar-refractivity contribution in [2.45, 2.75) is 64.1 Å². The molecule has 4 rings (SSSR count). The van der Waals surface area contributed by atoms with Crippen LogP contribution in [0.2, 0.25) is 0 Å². The Bertz CT molecular complexity index is 1230. The number of nitrogens with zero attached hydrogens (tertiary/aromatic N) is 1. The molecule has 2 aromatic carbocycles. The van der Waals surface area contributed by atoms with Crippen LogP contribution >= 0.6 is 0 Å². The second kappa shape index (κ2) is 11.6. The number of nitrogens with two attached hydrogens (primary N) is 1. The van der Waals surface area contributed by atoms with Crippen LogP contribution in [0.25, 0.3) is 10.9 Å². The molecule has 1 aromatic heterocycles. The SMILES string of the molecule is CCc1c(CNC2CCCC[C@@H]2O)cccc1Nc1c(CC(N)=O)cnc2cc(OC)c(OC)cc12. The quantitative estimate of drug-likeness (QED) is 0.338. The fraction of sp³-hybridized carbons (Fsp3) is 0.429. The number of aliphatic hydroxyl groups is 1. The number of rotatable bonds is 10. The van der Waals surface area contributed by atoms with E-state index in [1.807, 2.05) is 24.3 Å². The Labute approximate surface area is 212 Å². The van der Waals surface area contributed by atoms with Gasteiger partial charge in [0.15, 0.2) is 11.5 Å². The number of primary amides is 1. The maximum atomic E-state index is 11.9. The molecule has 0 spiro atoms. The molecule has 1 unspecified atom stereocenters. The van der Waals surface area contributed by atoms with Crippen LogP contribution in [0.1, 0.15) is 49.3 Å². The Morgan fingerprint density at radius 3 is 2.58 bits per heavy atom. The van der Waals surface area contributed by atoms with E-state index in [9.17, 15) is 9.90 Å². The lowest BCUT2D eigenvalue weighted by atomic mass is 9.92. The first kappa shape index (κ1) is 25.7. The highest BCUT2D eigenvalue weighted by molar-refractivity contribution is 5.98. The zero-order valence-electron chi connectivity index (χ0n) is 21.3. The molecule has 1 heterocycles. The number of benzene rings is 2. The first-order chi connectivity index (χ1) is 17.4. The maximum absolute atomic E-state index is 11.9. The highest BCUT2D eigenvalue weighted by Crippen LogP contribution is 2.38. The second-order valence-corrected chi connectivity index (χ2v) is 9.29. The maximum Gasteiger partial charge on any atom is 0.221 e. The molecular weight excluding hydrogens is 456 g/mol. The molecule has 192 valence electrons. The Morgan fingerprint density at radius 2 is 1.89 bits per heavy atom. The van der Waals surface area contributed by atoms with Gasteiger partial charge in [0, 0.05) is 41.5 Å². The molecule has 1 saturated carbocycles. The van der Waals surface area contributed by atoms with E-state index in [2.05, 4.69) is 28.6 Å². The van der Waals surface area contributed by atoms with Crippen molar-refractivity contribution in [3.8, 4) is 11.5 Å². The van der Waals surface area contributed by atoms with Crippen LogP contribution in [-0.4, -0.2) is 42.4 Å². The third-order valence-corrected chi connectivity index (χ3v) is 6.99. The Morgan fingerprint density at radius 1 is 1.14 bits per heavy atom. The molecule has 3 aromatic rings. The lowest BCUT2D eigenvalue weighted by Crippen LogP contribution is -2.41. The van der Waals surface area contributed by atoms with Gasteiger partial charge in [-0.25, -0.2) is 0 Å². The molecule has 0 saturated heterocycles. The summed E-state index contributed by atoms with van der Waals surface area (Å²) in [5, 5.41) is 18.3. The highest BCUT2D eigenvalue weighted by atomic mass is 16.5. The normalized spacial score (nSPS) is 17.7. The predicted molar refractivity (Wildman–Crippen MR) is 142 cm³/mol. The lowest BCUT2D eigenvalue weighted by molar-refractivity contribution is -0.117. The average molecular weight is 493 g/mol. The number of hydrogen-bond acceptors (Lipinski definition) is 7. The van der Waals surface area contributed by atoms with Crippen molar-refractivity contribution in [3.63, 3.8) is 0 Å². The summed E-state index contributed by atoms with van der Waals surface area (Å²) in [4.78, 5) is 16.4. The van der Waals surface area contributed by atoms with Crippen LogP contribution in [-0.2, 0) is 24.2 Å². The minimum absolute atomic E-state index is 0.0574. The molecule has 5 N–H and O–H groups in total. The first-order valence-corrected chi connectivity index (χ1v) is 12.6. The number of ether oxygens (including phenoxy) is 2. The van der Waals surface area contributed by atoms with Gasteiger partial charge < -0.3 is 30.9 Å². The fourth-order valence-electron chi connectivity index (χ4n) is 5.09. The Kier molecular flexibility index (Phi) is 8.28. The van der Waals surface area contributed by atoms with Gasteiger partial charge in [0.1, 0.15) is 0 Å². The predicted octanol–water partition coefficient (Wildman–Crippen LogP) is 3.98. The van der Waals surface area contributed by atoms with Crippen molar-refractivity contribution in [2.75, 3.05) is 19.5 Å². The van der Waals surface area contributed by atoms with Crippen LogP contribution in [0.15, 0.2) is 36.5 Å². The summed E-state index contributed by atoms with van der Waals surface area (Å²) in [6.45, 7) is 2.80. The van der Waals surface area contributed by atoms with Gasteiger partial charge in [-0.2, -0.15) is 0 Å². The van der Waals surface area contributed by atoms with E-state index in [-0.39, 0.29) is 18.6 Å². The van der Waals surface area contributed by atoms with E-state index in [0.717, 1.165) is 48.9 Å². The summed E-state index contributed by atoms with van der Waals surface area (Å²) < 4.78 is 11.0. The second-order valence-electron chi connectivity index (χ2n) is 9.29. The minimum Gasteiger partial charge on any atom is -0.493 e. The molecule has 1 aliphatic rings. The van der Waals surface area contributed by atoms with Crippen LogP contribution in [0.3, 0.4) is 0 Å². The monoisotopic (exact) mass is 492 g/mol. The molecule has 36 heavy (non-hydrogen) atoms. The number of methoxy groups -OCH3 is 2. The molecular formula is C28H36N4O4. The van der Waals surface area contributed by atoms with Crippen LogP contribution in [0.5, 0.6) is 11.5 Å². The van der Waals surface area contributed by atoms with E-state index in [1.165, 1.54) is 11.1 Å². The largest absolute Gasteiger partial charge is 0.493 e. The summed E-state index contributed by atoms with van der Waals surface area (Å²) in [6, 6.07) is 10.00. The number of aromatic nitrogens is 1. The third-order valence-electron chi connectivity index (χ3n) is 6.99. The summed E-state index contributed by atoms with van der Waals surface area (Å²) in [5.41, 5.74) is 11.1. The first-order valence-electron chi connectivity index (χ1n) is 12.6. The molecule has 1 aliphatic carbocycles. The van der Waals surface area contributed by atoms with Crippen molar-refractivity contribution >= 4 is 28.2 Å². The van der Waals surface area contributed by atoms with Crippen LogP contribution < -0.4 is 25.8 Å². The van der Waals surface area contributed by atoms with Crippen LogP contribution in [0.4, 0.5) is 11.4 Å². The van der Waals surface area contributed by atoms with Crippen molar-refractivity contribution in [3.05, 3.63) is 53.2 Å². The van der Waals surface area contributed by atoms with E-state index < -0.39 is 5.91 Å². The summed E-state index contributed by atoms with van der Waals surface area (Å²) in [7, 11) is 3.18. The summed E-state index contributed by atoms with van der Waals surface area (Å²) in [5.74, 6) is 0.725. The number of hydrogen-bond donors (Lipinski definition) is 4. The highest BCUT2D eigenvalue weighted by Gasteiger charge is 2.23. The summed E-state index contributed by atoms with van der Waals surface area (Å²) >= 11 is 0. The Hall–Kier alpha value is -3.36. The van der Waals surface area contributed by atoms with Crippen molar-refractivity contribution < 1.29 is 19.4 Å². The van der Waals surface area contributed by atoms with Gasteiger partial charge in [0.25, 0.3) is 0 Å². The van der Waals surface area contributed by atoms with E-state index in [0.29, 0.717) is 29.1 Å². The molecule has 1 fully saturated rings. The van der Waals surface area contributed by atoms with Crippen LogP contribution in [0, 0.1) is 0 Å². The number of pyridine rings is 1. The smallest absolute Gasteiger partial charge is 0.221 e. The molecule has 0 radical (unpaired) electrons. The standard InChI is InChI=1S/C28H36N4O4/c1-4-19-17(15-30-22-9-5-6-11-24(22)33)8-7-10-21(19)32-28-18(12-27(29)34)16-31-23-14-26(36-3)25(35-2)13-20(23)28/h7-8,10,13-14,16,22,24,30,33H,4-6,9,11-12,15H2,1-3H3,(H2,29,34)(H,31,32)/t22?,24-/m0/s1. The van der Waals surface area contributed by atoms with Gasteiger partial charge in [-0.1, -0.05) is 31.9 Å². The minimum atomic E-state index is -0.431. The topological polar surface area (TPSA) is 119 Å².